The minimum absolute atomic E-state index is 0.0420. The number of hydrogen-bond donors (Lipinski definition) is 0. The monoisotopic (exact) mass is 335 g/mol. The summed E-state index contributed by atoms with van der Waals surface area (Å²) >= 11 is 5.68. The van der Waals surface area contributed by atoms with Gasteiger partial charge in [-0.3, -0.25) is 0 Å². The van der Waals surface area contributed by atoms with Gasteiger partial charge in [0.2, 0.25) is 10.0 Å². The molecule has 1 unspecified atom stereocenters. The summed E-state index contributed by atoms with van der Waals surface area (Å²) in [6, 6.07) is 5.35. The highest BCUT2D eigenvalue weighted by molar-refractivity contribution is 7.89. The Morgan fingerprint density at radius 2 is 1.86 bits per heavy atom. The second-order valence-electron chi connectivity index (χ2n) is 4.98. The van der Waals surface area contributed by atoms with Gasteiger partial charge in [0.05, 0.1) is 20.0 Å². The lowest BCUT2D eigenvalue weighted by molar-refractivity contribution is 0.354. The molecular formula is C14H22ClNO4S. The zero-order valence-electron chi connectivity index (χ0n) is 12.8. The largest absolute Gasteiger partial charge is 0.493 e. The first-order valence-electron chi connectivity index (χ1n) is 6.55. The predicted molar refractivity (Wildman–Crippen MR) is 84.7 cm³/mol. The fourth-order valence-electron chi connectivity index (χ4n) is 1.87. The van der Waals surface area contributed by atoms with Gasteiger partial charge in [0.15, 0.2) is 11.5 Å². The van der Waals surface area contributed by atoms with Crippen molar-refractivity contribution in [1.82, 2.24) is 4.31 Å². The van der Waals surface area contributed by atoms with Gasteiger partial charge in [0.25, 0.3) is 0 Å². The van der Waals surface area contributed by atoms with Crippen LogP contribution in [-0.4, -0.2) is 45.6 Å². The number of ether oxygens (including phenoxy) is 2. The topological polar surface area (TPSA) is 55.8 Å². The van der Waals surface area contributed by atoms with Gasteiger partial charge in [-0.05, 0) is 23.6 Å². The van der Waals surface area contributed by atoms with E-state index in [0.29, 0.717) is 17.4 Å². The van der Waals surface area contributed by atoms with E-state index >= 15 is 0 Å². The highest BCUT2D eigenvalue weighted by Crippen LogP contribution is 2.28. The minimum Gasteiger partial charge on any atom is -0.493 e. The van der Waals surface area contributed by atoms with Crippen molar-refractivity contribution in [2.75, 3.05) is 32.9 Å². The number of nitrogens with zero attached hydrogens (tertiary/aromatic N) is 1. The molecule has 0 aliphatic rings. The first-order valence-corrected chi connectivity index (χ1v) is 8.69. The SMILES string of the molecule is COc1ccc(CN(C)S(=O)(=O)CC(C)CCl)cc1OC. The van der Waals surface area contributed by atoms with E-state index in [-0.39, 0.29) is 18.2 Å². The van der Waals surface area contributed by atoms with Crippen LogP contribution in [0, 0.1) is 5.92 Å². The first-order chi connectivity index (χ1) is 9.83. The average molecular weight is 336 g/mol. The maximum atomic E-state index is 12.2. The molecule has 0 bridgehead atoms. The third-order valence-corrected chi connectivity index (χ3v) is 5.68. The molecule has 1 atom stereocenters. The fraction of sp³-hybridized carbons (Fsp3) is 0.571. The molecule has 21 heavy (non-hydrogen) atoms. The number of hydrogen-bond acceptors (Lipinski definition) is 4. The minimum atomic E-state index is -3.33. The third kappa shape index (κ3) is 5.05. The van der Waals surface area contributed by atoms with Crippen LogP contribution in [0.25, 0.3) is 0 Å². The van der Waals surface area contributed by atoms with Crippen LogP contribution in [-0.2, 0) is 16.6 Å². The van der Waals surface area contributed by atoms with Crippen molar-refractivity contribution in [3.8, 4) is 11.5 Å². The van der Waals surface area contributed by atoms with Crippen LogP contribution in [0.5, 0.6) is 11.5 Å². The van der Waals surface area contributed by atoms with Gasteiger partial charge < -0.3 is 9.47 Å². The van der Waals surface area contributed by atoms with E-state index in [1.165, 1.54) is 4.31 Å². The lowest BCUT2D eigenvalue weighted by Gasteiger charge is -2.19. The Kier molecular flexibility index (Phi) is 6.77. The molecule has 120 valence electrons. The van der Waals surface area contributed by atoms with Gasteiger partial charge >= 0.3 is 0 Å². The zero-order chi connectivity index (χ0) is 16.0. The lowest BCUT2D eigenvalue weighted by atomic mass is 10.2. The van der Waals surface area contributed by atoms with Gasteiger partial charge in [-0.25, -0.2) is 12.7 Å². The van der Waals surface area contributed by atoms with Crippen molar-refractivity contribution < 1.29 is 17.9 Å². The van der Waals surface area contributed by atoms with Gasteiger partial charge in [0.1, 0.15) is 0 Å². The van der Waals surface area contributed by atoms with Crippen molar-refractivity contribution in [2.24, 2.45) is 5.92 Å². The average Bonchev–Trinajstić information content (AvgIpc) is 2.46. The van der Waals surface area contributed by atoms with Crippen molar-refractivity contribution in [2.45, 2.75) is 13.5 Å². The van der Waals surface area contributed by atoms with E-state index in [4.69, 9.17) is 21.1 Å². The van der Waals surface area contributed by atoms with Crippen LogP contribution < -0.4 is 9.47 Å². The number of sulfonamides is 1. The van der Waals surface area contributed by atoms with Crippen LogP contribution >= 0.6 is 11.6 Å². The second-order valence-corrected chi connectivity index (χ2v) is 7.41. The van der Waals surface area contributed by atoms with E-state index < -0.39 is 10.0 Å². The Morgan fingerprint density at radius 3 is 2.38 bits per heavy atom. The molecule has 1 aromatic carbocycles. The molecule has 1 aromatic rings. The Hall–Kier alpha value is -0.980. The molecule has 0 spiro atoms. The summed E-state index contributed by atoms with van der Waals surface area (Å²) in [7, 11) is 1.34. The number of benzene rings is 1. The molecule has 0 saturated carbocycles. The molecule has 5 nitrogen and oxygen atoms in total. The van der Waals surface area contributed by atoms with E-state index in [9.17, 15) is 8.42 Å². The number of halogens is 1. The normalized spacial score (nSPS) is 13.2. The summed E-state index contributed by atoms with van der Waals surface area (Å²) in [5.41, 5.74) is 0.831. The molecule has 0 fully saturated rings. The molecule has 0 aliphatic heterocycles. The standard InChI is InChI=1S/C14H22ClNO4S/c1-11(8-15)10-21(17,18)16(2)9-12-5-6-13(19-3)14(7-12)20-4/h5-7,11H,8-10H2,1-4H3. The predicted octanol–water partition coefficient (Wildman–Crippen LogP) is 2.34. The van der Waals surface area contributed by atoms with Gasteiger partial charge in [0, 0.05) is 19.5 Å². The van der Waals surface area contributed by atoms with E-state index in [1.807, 2.05) is 13.0 Å². The Morgan fingerprint density at radius 1 is 1.24 bits per heavy atom. The third-order valence-electron chi connectivity index (χ3n) is 3.09. The summed E-state index contributed by atoms with van der Waals surface area (Å²) < 4.78 is 36.1. The lowest BCUT2D eigenvalue weighted by Crippen LogP contribution is -2.31. The van der Waals surface area contributed by atoms with E-state index in [2.05, 4.69) is 0 Å². The van der Waals surface area contributed by atoms with Crippen LogP contribution in [0.1, 0.15) is 12.5 Å². The van der Waals surface area contributed by atoms with Crippen molar-refractivity contribution >= 4 is 21.6 Å². The van der Waals surface area contributed by atoms with Gasteiger partial charge in [-0.15, -0.1) is 11.6 Å². The molecular weight excluding hydrogens is 314 g/mol. The van der Waals surface area contributed by atoms with Crippen LogP contribution in [0.4, 0.5) is 0 Å². The highest BCUT2D eigenvalue weighted by atomic mass is 35.5. The molecule has 0 saturated heterocycles. The van der Waals surface area contributed by atoms with Crippen molar-refractivity contribution in [3.05, 3.63) is 23.8 Å². The zero-order valence-corrected chi connectivity index (χ0v) is 14.4. The molecule has 1 rings (SSSR count). The molecule has 0 radical (unpaired) electrons. The summed E-state index contributed by atoms with van der Waals surface area (Å²) in [6.45, 7) is 2.09. The molecule has 0 amide bonds. The highest BCUT2D eigenvalue weighted by Gasteiger charge is 2.21. The van der Waals surface area contributed by atoms with Crippen molar-refractivity contribution in [1.29, 1.82) is 0 Å². The second kappa shape index (κ2) is 7.87. The van der Waals surface area contributed by atoms with Crippen LogP contribution in [0.2, 0.25) is 0 Å². The fourth-order valence-corrected chi connectivity index (χ4v) is 3.54. The molecule has 0 N–H and O–H groups in total. The van der Waals surface area contributed by atoms with Crippen LogP contribution in [0.15, 0.2) is 18.2 Å². The summed E-state index contributed by atoms with van der Waals surface area (Å²) in [6.07, 6.45) is 0. The number of rotatable bonds is 8. The Balaban J connectivity index is 2.85. The summed E-state index contributed by atoms with van der Waals surface area (Å²) in [5, 5.41) is 0. The number of alkyl halides is 1. The van der Waals surface area contributed by atoms with E-state index in [1.54, 1.807) is 33.4 Å². The molecule has 0 heterocycles. The molecule has 7 heteroatoms. The molecule has 0 aliphatic carbocycles. The maximum absolute atomic E-state index is 12.2. The molecule has 0 aromatic heterocycles. The van der Waals surface area contributed by atoms with Gasteiger partial charge in [-0.1, -0.05) is 13.0 Å². The number of methoxy groups -OCH3 is 2. The Bertz CT molecular complexity index is 562. The van der Waals surface area contributed by atoms with Gasteiger partial charge in [-0.2, -0.15) is 0 Å². The summed E-state index contributed by atoms with van der Waals surface area (Å²) in [5.74, 6) is 1.48. The van der Waals surface area contributed by atoms with E-state index in [0.717, 1.165) is 5.56 Å². The van der Waals surface area contributed by atoms with Crippen molar-refractivity contribution in [3.63, 3.8) is 0 Å². The quantitative estimate of drug-likeness (QED) is 0.684. The maximum Gasteiger partial charge on any atom is 0.214 e. The van der Waals surface area contributed by atoms with Crippen LogP contribution in [0.3, 0.4) is 0 Å². The first kappa shape index (κ1) is 18.1. The Labute approximate surface area is 131 Å². The summed E-state index contributed by atoms with van der Waals surface area (Å²) in [4.78, 5) is 0. The smallest absolute Gasteiger partial charge is 0.214 e.